The number of alkyl carbamates (subject to hydrolysis) is 1. The molecule has 2 fully saturated rings. The second kappa shape index (κ2) is 20.2. The molecule has 5 amide bonds. The van der Waals surface area contributed by atoms with Crippen LogP contribution in [0.1, 0.15) is 102 Å². The maximum Gasteiger partial charge on any atom is 0.410 e. The minimum atomic E-state index is -0.865. The van der Waals surface area contributed by atoms with Crippen LogP contribution in [0.15, 0.2) is 66.7 Å². The summed E-state index contributed by atoms with van der Waals surface area (Å²) in [6.07, 6.45) is 3.58. The lowest BCUT2D eigenvalue weighted by atomic mass is 9.81. The number of benzene rings is 3. The van der Waals surface area contributed by atoms with Gasteiger partial charge in [0.25, 0.3) is 5.91 Å². The van der Waals surface area contributed by atoms with Crippen LogP contribution in [0.2, 0.25) is 0 Å². The minimum absolute atomic E-state index is 0.0440. The molecule has 6 rings (SSSR count). The number of ether oxygens (including phenoxy) is 2. The molecule has 0 spiro atoms. The van der Waals surface area contributed by atoms with Crippen molar-refractivity contribution in [2.45, 2.75) is 117 Å². The maximum absolute atomic E-state index is 13.9. The summed E-state index contributed by atoms with van der Waals surface area (Å²) in [5.41, 5.74) is 4.40. The molecule has 4 aromatic rings. The van der Waals surface area contributed by atoms with Crippen molar-refractivity contribution in [1.29, 1.82) is 0 Å². The molecule has 0 radical (unpaired) electrons. The third-order valence-corrected chi connectivity index (χ3v) is 11.2. The van der Waals surface area contributed by atoms with Crippen molar-refractivity contribution in [1.82, 2.24) is 41.5 Å². The van der Waals surface area contributed by atoms with Gasteiger partial charge in [-0.3, -0.25) is 14.4 Å². The van der Waals surface area contributed by atoms with Gasteiger partial charge >= 0.3 is 12.2 Å². The zero-order valence-electron chi connectivity index (χ0n) is 37.4. The van der Waals surface area contributed by atoms with E-state index in [1.807, 2.05) is 90.9 Å². The van der Waals surface area contributed by atoms with E-state index >= 15 is 0 Å². The third kappa shape index (κ3) is 13.6. The van der Waals surface area contributed by atoms with Gasteiger partial charge < -0.3 is 35.6 Å². The Morgan fingerprint density at radius 1 is 0.810 bits per heavy atom. The van der Waals surface area contributed by atoms with E-state index in [0.717, 1.165) is 40.7 Å². The molecule has 16 nitrogen and oxygen atoms in total. The van der Waals surface area contributed by atoms with E-state index in [9.17, 15) is 24.0 Å². The topological polar surface area (TPSA) is 210 Å². The summed E-state index contributed by atoms with van der Waals surface area (Å²) in [5, 5.41) is 26.1. The largest absolute Gasteiger partial charge is 0.444 e. The lowest BCUT2D eigenvalue weighted by Gasteiger charge is -2.33. The molecule has 63 heavy (non-hydrogen) atoms. The minimum Gasteiger partial charge on any atom is -0.444 e. The van der Waals surface area contributed by atoms with E-state index in [0.29, 0.717) is 62.4 Å². The van der Waals surface area contributed by atoms with Crippen LogP contribution >= 0.6 is 0 Å². The third-order valence-electron chi connectivity index (χ3n) is 11.2. The number of nitrogens with one attached hydrogen (secondary N) is 5. The number of tetrazole rings is 1. The standard InChI is InChI=1S/C47H61N9O7/c1-29-26-35(42(58)49-37-22-24-56(25-23-37)45(61)63-47(5,6)7)18-21-38(29)32-12-8-30(9-13-32)27-39(43(59)50-36-19-16-33(17-20-36)40-52-54-55-53-40)51-41(57)34-14-10-31(11-15-34)28-48-44(60)62-46(2,3)4/h8-9,12-13,16-21,26,31,34,37,39H,10-11,14-15,22-25,27-28H2,1-7H3,(H,48,60)(H,49,58)(H,50,59)(H,51,57)(H,52,53,54,55)/t31-,34-,39-/m0/s1. The first-order chi connectivity index (χ1) is 29.9. The molecule has 2 heterocycles. The first-order valence-corrected chi connectivity index (χ1v) is 21.8. The van der Waals surface area contributed by atoms with Gasteiger partial charge in [0, 0.05) is 54.8 Å². The molecule has 5 N–H and O–H groups in total. The van der Waals surface area contributed by atoms with Gasteiger partial charge in [0.05, 0.1) is 0 Å². The number of hydrogen-bond acceptors (Lipinski definition) is 10. The van der Waals surface area contributed by atoms with E-state index < -0.39 is 23.3 Å². The van der Waals surface area contributed by atoms with E-state index in [2.05, 4.69) is 41.9 Å². The summed E-state index contributed by atoms with van der Waals surface area (Å²) in [7, 11) is 0. The van der Waals surface area contributed by atoms with Crippen molar-refractivity contribution < 1.29 is 33.4 Å². The normalized spacial score (nSPS) is 17.5. The summed E-state index contributed by atoms with van der Waals surface area (Å²) in [5.74, 6) is -0.294. The summed E-state index contributed by atoms with van der Waals surface area (Å²) in [6, 6.07) is 19.7. The highest BCUT2D eigenvalue weighted by atomic mass is 16.6. The van der Waals surface area contributed by atoms with Crippen molar-refractivity contribution >= 4 is 35.6 Å². The Labute approximate surface area is 369 Å². The number of amides is 5. The van der Waals surface area contributed by atoms with Crippen LogP contribution in [0.5, 0.6) is 0 Å². The average molecular weight is 864 g/mol. The summed E-state index contributed by atoms with van der Waals surface area (Å²) in [6.45, 7) is 14.5. The Hall–Kier alpha value is -6.32. The van der Waals surface area contributed by atoms with Crippen molar-refractivity contribution in [3.63, 3.8) is 0 Å². The van der Waals surface area contributed by atoms with Crippen molar-refractivity contribution in [3.8, 4) is 22.5 Å². The second-order valence-electron chi connectivity index (χ2n) is 18.6. The molecular formula is C47H61N9O7. The number of piperidine rings is 1. The highest BCUT2D eigenvalue weighted by molar-refractivity contribution is 5.98. The number of hydrogen-bond donors (Lipinski definition) is 5. The predicted octanol–water partition coefficient (Wildman–Crippen LogP) is 6.97. The van der Waals surface area contributed by atoms with Gasteiger partial charge in [0.1, 0.15) is 17.2 Å². The number of aromatic nitrogens is 4. The molecule has 0 bridgehead atoms. The highest BCUT2D eigenvalue weighted by Gasteiger charge is 2.31. The van der Waals surface area contributed by atoms with Gasteiger partial charge in [-0.15, -0.1) is 10.2 Å². The lowest BCUT2D eigenvalue weighted by Crippen LogP contribution is -2.48. The SMILES string of the molecule is Cc1cc(C(=O)NC2CCN(C(=O)OC(C)(C)C)CC2)ccc1-c1ccc(C[C@H](NC(=O)[C@H]2CC[C@H](CNC(=O)OC(C)(C)C)CC2)C(=O)Nc2ccc(-c3nn[nH]n3)cc2)cc1. The lowest BCUT2D eigenvalue weighted by molar-refractivity contribution is -0.130. The molecule has 1 aromatic heterocycles. The number of aromatic amines is 1. The van der Waals surface area contributed by atoms with E-state index in [-0.39, 0.29) is 48.1 Å². The monoisotopic (exact) mass is 863 g/mol. The van der Waals surface area contributed by atoms with Crippen molar-refractivity contribution in [2.75, 3.05) is 25.0 Å². The molecule has 1 aliphatic carbocycles. The molecule has 1 atom stereocenters. The van der Waals surface area contributed by atoms with Crippen LogP contribution < -0.4 is 21.3 Å². The van der Waals surface area contributed by atoms with Gasteiger partial charge in [-0.2, -0.15) is 5.21 Å². The highest BCUT2D eigenvalue weighted by Crippen LogP contribution is 2.30. The molecule has 0 unspecified atom stereocenters. The number of H-pyrrole nitrogens is 1. The second-order valence-corrected chi connectivity index (χ2v) is 18.6. The summed E-state index contributed by atoms with van der Waals surface area (Å²) < 4.78 is 10.9. The van der Waals surface area contributed by atoms with Crippen molar-refractivity contribution in [3.05, 3.63) is 83.4 Å². The Kier molecular flexibility index (Phi) is 14.8. The summed E-state index contributed by atoms with van der Waals surface area (Å²) in [4.78, 5) is 67.3. The van der Waals surface area contributed by atoms with Crippen LogP contribution in [-0.4, -0.2) is 98.4 Å². The number of carbonyl (C=O) groups is 5. The van der Waals surface area contributed by atoms with Crippen LogP contribution in [0, 0.1) is 18.8 Å². The fourth-order valence-corrected chi connectivity index (χ4v) is 7.87. The molecule has 1 saturated carbocycles. The number of rotatable bonds is 12. The van der Waals surface area contributed by atoms with Crippen molar-refractivity contribution in [2.24, 2.45) is 11.8 Å². The molecule has 3 aromatic carbocycles. The number of anilines is 1. The number of carbonyl (C=O) groups excluding carboxylic acids is 5. The summed E-state index contributed by atoms with van der Waals surface area (Å²) >= 11 is 0. The first-order valence-electron chi connectivity index (χ1n) is 21.8. The molecule has 16 heteroatoms. The van der Waals surface area contributed by atoms with Gasteiger partial charge in [0.2, 0.25) is 17.6 Å². The van der Waals surface area contributed by atoms with Gasteiger partial charge in [-0.1, -0.05) is 30.3 Å². The molecular weight excluding hydrogens is 803 g/mol. The van der Waals surface area contributed by atoms with Gasteiger partial charge in [-0.25, -0.2) is 9.59 Å². The molecule has 336 valence electrons. The Bertz CT molecular complexity index is 2200. The van der Waals surface area contributed by atoms with E-state index in [1.54, 1.807) is 29.2 Å². The van der Waals surface area contributed by atoms with Crippen LogP contribution in [-0.2, 0) is 25.5 Å². The zero-order chi connectivity index (χ0) is 45.3. The van der Waals surface area contributed by atoms with Crippen LogP contribution in [0.4, 0.5) is 15.3 Å². The Morgan fingerprint density at radius 3 is 2.06 bits per heavy atom. The Morgan fingerprint density at radius 2 is 1.46 bits per heavy atom. The number of aryl methyl sites for hydroxylation is 1. The van der Waals surface area contributed by atoms with Crippen LogP contribution in [0.25, 0.3) is 22.5 Å². The fourth-order valence-electron chi connectivity index (χ4n) is 7.87. The van der Waals surface area contributed by atoms with Gasteiger partial charge in [0.15, 0.2) is 0 Å². The smallest absolute Gasteiger partial charge is 0.410 e. The Balaban J connectivity index is 1.07. The maximum atomic E-state index is 13.9. The fraction of sp³-hybridized carbons (Fsp3) is 0.489. The zero-order valence-corrected chi connectivity index (χ0v) is 37.4. The van der Waals surface area contributed by atoms with Crippen LogP contribution in [0.3, 0.4) is 0 Å². The quantitative estimate of drug-likeness (QED) is 0.0988. The molecule has 1 aliphatic heterocycles. The average Bonchev–Trinajstić information content (AvgIpc) is 3.78. The first kappa shape index (κ1) is 46.2. The molecule has 1 saturated heterocycles. The van der Waals surface area contributed by atoms with Gasteiger partial charge in [-0.05, 0) is 157 Å². The van der Waals surface area contributed by atoms with E-state index in [1.165, 1.54) is 0 Å². The van der Waals surface area contributed by atoms with E-state index in [4.69, 9.17) is 9.47 Å². The number of likely N-dealkylation sites (tertiary alicyclic amines) is 1. The number of nitrogens with zero attached hydrogens (tertiary/aromatic N) is 4. The predicted molar refractivity (Wildman–Crippen MR) is 238 cm³/mol. The molecule has 2 aliphatic rings.